The summed E-state index contributed by atoms with van der Waals surface area (Å²) in [5.41, 5.74) is 7.98. The summed E-state index contributed by atoms with van der Waals surface area (Å²) in [6.07, 6.45) is 0. The van der Waals surface area contributed by atoms with Crippen molar-refractivity contribution in [3.63, 3.8) is 0 Å². The first-order valence-electron chi connectivity index (χ1n) is 8.05. The van der Waals surface area contributed by atoms with E-state index in [1.165, 1.54) is 0 Å². The van der Waals surface area contributed by atoms with Gasteiger partial charge in [-0.25, -0.2) is 0 Å². The normalized spacial score (nSPS) is 17.3. The lowest BCUT2D eigenvalue weighted by atomic mass is 9.83. The largest absolute Gasteiger partial charge is 0.494 e. The fourth-order valence-electron chi connectivity index (χ4n) is 3.20. The predicted octanol–water partition coefficient (Wildman–Crippen LogP) is 3.79. The molecule has 0 radical (unpaired) electrons. The molecule has 0 bridgehead atoms. The van der Waals surface area contributed by atoms with Crippen molar-refractivity contribution in [2.75, 3.05) is 13.4 Å². The Kier molecular flexibility index (Phi) is 4.13. The topological polar surface area (TPSA) is 86.7 Å². The van der Waals surface area contributed by atoms with Crippen LogP contribution in [0, 0.1) is 11.3 Å². The number of fused-ring (bicyclic) bond motifs is 2. The van der Waals surface area contributed by atoms with Gasteiger partial charge >= 0.3 is 0 Å². The minimum Gasteiger partial charge on any atom is -0.494 e. The molecule has 0 fully saturated rings. The smallest absolute Gasteiger partial charge is 0.231 e. The van der Waals surface area contributed by atoms with Crippen molar-refractivity contribution in [3.8, 4) is 29.1 Å². The summed E-state index contributed by atoms with van der Waals surface area (Å²) >= 11 is 3.50. The molecule has 7 heteroatoms. The highest BCUT2D eigenvalue weighted by atomic mass is 79.9. The van der Waals surface area contributed by atoms with Gasteiger partial charge in [-0.15, -0.1) is 0 Å². The molecule has 132 valence electrons. The summed E-state index contributed by atoms with van der Waals surface area (Å²) in [7, 11) is 0. The van der Waals surface area contributed by atoms with Gasteiger partial charge in [0.15, 0.2) is 11.5 Å². The van der Waals surface area contributed by atoms with E-state index in [-0.39, 0.29) is 12.7 Å². The molecule has 2 N–H and O–H groups in total. The molecule has 0 aliphatic carbocycles. The highest BCUT2D eigenvalue weighted by molar-refractivity contribution is 9.10. The van der Waals surface area contributed by atoms with Gasteiger partial charge in [-0.2, -0.15) is 5.26 Å². The van der Waals surface area contributed by atoms with Gasteiger partial charge in [-0.05, 0) is 31.2 Å². The second-order valence-electron chi connectivity index (χ2n) is 5.78. The Bertz CT molecular complexity index is 965. The predicted molar refractivity (Wildman–Crippen MR) is 97.2 cm³/mol. The molecule has 0 unspecified atom stereocenters. The van der Waals surface area contributed by atoms with Crippen LogP contribution < -0.4 is 24.7 Å². The molecule has 2 aromatic carbocycles. The van der Waals surface area contributed by atoms with Gasteiger partial charge in [0.2, 0.25) is 12.7 Å². The number of nitrogens with two attached hydrogens (primary N) is 1. The van der Waals surface area contributed by atoms with E-state index in [9.17, 15) is 5.26 Å². The van der Waals surface area contributed by atoms with Gasteiger partial charge in [0, 0.05) is 21.7 Å². The zero-order valence-electron chi connectivity index (χ0n) is 13.9. The van der Waals surface area contributed by atoms with E-state index in [0.717, 1.165) is 15.6 Å². The molecule has 1 atom stereocenters. The van der Waals surface area contributed by atoms with Crippen LogP contribution in [-0.4, -0.2) is 13.4 Å². The molecule has 26 heavy (non-hydrogen) atoms. The SMILES string of the molecule is CCOc1ccc(Br)cc1[C@@H]1C(C#N)=C(N)Oc2cc3c(cc21)OCO3. The average molecular weight is 415 g/mol. The maximum absolute atomic E-state index is 9.73. The van der Waals surface area contributed by atoms with E-state index < -0.39 is 5.92 Å². The lowest BCUT2D eigenvalue weighted by Gasteiger charge is -2.28. The van der Waals surface area contributed by atoms with E-state index in [1.807, 2.05) is 31.2 Å². The molecule has 0 saturated heterocycles. The second kappa shape index (κ2) is 6.46. The molecule has 2 aliphatic heterocycles. The molecule has 2 heterocycles. The number of halogens is 1. The Labute approximate surface area is 158 Å². The van der Waals surface area contributed by atoms with Gasteiger partial charge < -0.3 is 24.7 Å². The van der Waals surface area contributed by atoms with Crippen molar-refractivity contribution in [3.05, 3.63) is 57.4 Å². The Hall–Kier alpha value is -2.85. The van der Waals surface area contributed by atoms with Crippen LogP contribution in [0.5, 0.6) is 23.0 Å². The summed E-state index contributed by atoms with van der Waals surface area (Å²) < 4.78 is 23.3. The Morgan fingerprint density at radius 1 is 1.19 bits per heavy atom. The zero-order chi connectivity index (χ0) is 18.3. The molecule has 2 aliphatic rings. The fraction of sp³-hybridized carbons (Fsp3) is 0.211. The maximum atomic E-state index is 9.73. The van der Waals surface area contributed by atoms with Crippen LogP contribution in [-0.2, 0) is 0 Å². The molecule has 6 nitrogen and oxygen atoms in total. The van der Waals surface area contributed by atoms with Crippen LogP contribution in [0.2, 0.25) is 0 Å². The van der Waals surface area contributed by atoms with Crippen molar-refractivity contribution >= 4 is 15.9 Å². The Balaban J connectivity index is 1.95. The third kappa shape index (κ3) is 2.63. The van der Waals surface area contributed by atoms with Crippen LogP contribution in [0.3, 0.4) is 0 Å². The third-order valence-corrected chi connectivity index (χ3v) is 4.79. The molecular formula is C19H15BrN2O4. The van der Waals surface area contributed by atoms with Crippen LogP contribution >= 0.6 is 15.9 Å². The number of nitrogens with zero attached hydrogens (tertiary/aromatic N) is 1. The minimum absolute atomic E-state index is 0.0753. The number of rotatable bonds is 3. The zero-order valence-corrected chi connectivity index (χ0v) is 15.5. The molecular weight excluding hydrogens is 400 g/mol. The van der Waals surface area contributed by atoms with Crippen molar-refractivity contribution < 1.29 is 18.9 Å². The summed E-state index contributed by atoms with van der Waals surface area (Å²) in [6, 6.07) is 11.5. The number of hydrogen-bond acceptors (Lipinski definition) is 6. The summed E-state index contributed by atoms with van der Waals surface area (Å²) in [6.45, 7) is 2.57. The highest BCUT2D eigenvalue weighted by Crippen LogP contribution is 2.49. The number of ether oxygens (including phenoxy) is 4. The molecule has 0 amide bonds. The Morgan fingerprint density at radius 3 is 2.69 bits per heavy atom. The van der Waals surface area contributed by atoms with Crippen LogP contribution in [0.15, 0.2) is 46.3 Å². The molecule has 4 rings (SSSR count). The van der Waals surface area contributed by atoms with Crippen molar-refractivity contribution in [2.24, 2.45) is 5.73 Å². The fourth-order valence-corrected chi connectivity index (χ4v) is 3.58. The van der Waals surface area contributed by atoms with E-state index in [1.54, 1.807) is 6.07 Å². The van der Waals surface area contributed by atoms with Crippen molar-refractivity contribution in [2.45, 2.75) is 12.8 Å². The van der Waals surface area contributed by atoms with Gasteiger partial charge in [0.1, 0.15) is 23.1 Å². The first-order chi connectivity index (χ1) is 12.6. The lowest BCUT2D eigenvalue weighted by molar-refractivity contribution is 0.174. The standard InChI is InChI=1S/C19H15BrN2O4/c1-2-23-14-4-3-10(20)5-11(14)18-12-6-16-17(25-9-24-16)7-15(12)26-19(22)13(18)8-21/h3-7,18H,2,9,22H2,1H3/t18-/m0/s1. The second-order valence-corrected chi connectivity index (χ2v) is 6.70. The van der Waals surface area contributed by atoms with Crippen molar-refractivity contribution in [1.29, 1.82) is 5.26 Å². The molecule has 2 aromatic rings. The number of hydrogen-bond donors (Lipinski definition) is 1. The molecule has 0 spiro atoms. The summed E-state index contributed by atoms with van der Waals surface area (Å²) in [5, 5.41) is 9.73. The summed E-state index contributed by atoms with van der Waals surface area (Å²) in [5.74, 6) is 2.08. The van der Waals surface area contributed by atoms with Crippen LogP contribution in [0.4, 0.5) is 0 Å². The first kappa shape index (κ1) is 16.6. The highest BCUT2D eigenvalue weighted by Gasteiger charge is 2.35. The monoisotopic (exact) mass is 414 g/mol. The van der Waals surface area contributed by atoms with Gasteiger partial charge in [-0.3, -0.25) is 0 Å². The van der Waals surface area contributed by atoms with E-state index in [0.29, 0.717) is 35.2 Å². The number of allylic oxidation sites excluding steroid dienone is 1. The van der Waals surface area contributed by atoms with Crippen LogP contribution in [0.25, 0.3) is 0 Å². The summed E-state index contributed by atoms with van der Waals surface area (Å²) in [4.78, 5) is 0. The van der Waals surface area contributed by atoms with Crippen LogP contribution in [0.1, 0.15) is 24.0 Å². The van der Waals surface area contributed by atoms with Crippen molar-refractivity contribution in [1.82, 2.24) is 0 Å². The van der Waals surface area contributed by atoms with E-state index >= 15 is 0 Å². The van der Waals surface area contributed by atoms with Gasteiger partial charge in [0.25, 0.3) is 0 Å². The number of benzene rings is 2. The van der Waals surface area contributed by atoms with E-state index in [2.05, 4.69) is 22.0 Å². The molecule has 0 aromatic heterocycles. The number of nitriles is 1. The minimum atomic E-state index is -0.433. The third-order valence-electron chi connectivity index (χ3n) is 4.29. The lowest BCUT2D eigenvalue weighted by Crippen LogP contribution is -2.21. The molecule has 0 saturated carbocycles. The van der Waals surface area contributed by atoms with E-state index in [4.69, 9.17) is 24.7 Å². The van der Waals surface area contributed by atoms with Gasteiger partial charge in [-0.1, -0.05) is 15.9 Å². The Morgan fingerprint density at radius 2 is 1.96 bits per heavy atom. The quantitative estimate of drug-likeness (QED) is 0.821. The maximum Gasteiger partial charge on any atom is 0.231 e. The first-order valence-corrected chi connectivity index (χ1v) is 8.85. The van der Waals surface area contributed by atoms with Gasteiger partial charge in [0.05, 0.1) is 12.5 Å². The average Bonchev–Trinajstić information content (AvgIpc) is 3.08.